The monoisotopic (exact) mass is 380 g/mol. The molecule has 1 aromatic carbocycles. The summed E-state index contributed by atoms with van der Waals surface area (Å²) >= 11 is 0. The molecule has 8 heteroatoms. The molecule has 1 aromatic rings. The average molecular weight is 380 g/mol. The van der Waals surface area contributed by atoms with Gasteiger partial charge in [0, 0.05) is 6.54 Å². The molecular formula is C19H28N2O6. The van der Waals surface area contributed by atoms with Crippen molar-refractivity contribution in [2.75, 3.05) is 26.9 Å². The average Bonchev–Trinajstić information content (AvgIpc) is 2.66. The molecule has 0 aliphatic heterocycles. The summed E-state index contributed by atoms with van der Waals surface area (Å²) in [4.78, 5) is 35.2. The zero-order chi connectivity index (χ0) is 20.1. The predicted molar refractivity (Wildman–Crippen MR) is 100 cm³/mol. The first-order valence-electron chi connectivity index (χ1n) is 9.07. The first-order valence-corrected chi connectivity index (χ1v) is 9.07. The lowest BCUT2D eigenvalue weighted by Gasteiger charge is -2.12. The van der Waals surface area contributed by atoms with Crippen LogP contribution in [0.5, 0.6) is 11.5 Å². The van der Waals surface area contributed by atoms with Crippen LogP contribution in [0.3, 0.4) is 0 Å². The second-order valence-corrected chi connectivity index (χ2v) is 5.80. The fourth-order valence-corrected chi connectivity index (χ4v) is 2.04. The topological polar surface area (TPSA) is 103 Å². The third-order valence-electron chi connectivity index (χ3n) is 3.56. The molecule has 0 aliphatic carbocycles. The van der Waals surface area contributed by atoms with Crippen LogP contribution >= 0.6 is 0 Å². The Kier molecular flexibility index (Phi) is 10.4. The molecule has 0 unspecified atom stereocenters. The summed E-state index contributed by atoms with van der Waals surface area (Å²) < 4.78 is 15.8. The summed E-state index contributed by atoms with van der Waals surface area (Å²) in [5.41, 5.74) is 0.217. The molecule has 0 bridgehead atoms. The highest BCUT2D eigenvalue weighted by molar-refractivity contribution is 5.97. The van der Waals surface area contributed by atoms with E-state index in [0.29, 0.717) is 24.7 Å². The zero-order valence-electron chi connectivity index (χ0n) is 16.1. The summed E-state index contributed by atoms with van der Waals surface area (Å²) in [5.74, 6) is -0.469. The fraction of sp³-hybridized carbons (Fsp3) is 0.526. The third kappa shape index (κ3) is 8.44. The molecule has 2 N–H and O–H groups in total. The van der Waals surface area contributed by atoms with Crippen molar-refractivity contribution >= 4 is 17.9 Å². The number of unbranched alkanes of at least 4 members (excludes halogenated alkanes) is 2. The van der Waals surface area contributed by atoms with Crippen molar-refractivity contribution in [3.63, 3.8) is 0 Å². The second-order valence-electron chi connectivity index (χ2n) is 5.80. The molecule has 3 amide bonds. The number of carbonyl (C=O) groups excluding carboxylic acids is 3. The van der Waals surface area contributed by atoms with Gasteiger partial charge in [-0.1, -0.05) is 26.7 Å². The number of methoxy groups -OCH3 is 1. The van der Waals surface area contributed by atoms with E-state index in [-0.39, 0.29) is 5.56 Å². The van der Waals surface area contributed by atoms with E-state index < -0.39 is 24.5 Å². The number of rotatable bonds is 11. The van der Waals surface area contributed by atoms with Crippen LogP contribution in [-0.2, 0) is 9.53 Å². The smallest absolute Gasteiger partial charge is 0.338 e. The van der Waals surface area contributed by atoms with Crippen LogP contribution in [0, 0.1) is 0 Å². The number of nitrogens with one attached hydrogen (secondary N) is 2. The Morgan fingerprint density at radius 2 is 1.78 bits per heavy atom. The molecule has 0 aromatic heterocycles. The highest BCUT2D eigenvalue weighted by Gasteiger charge is 2.15. The number of benzene rings is 1. The Balaban J connectivity index is 2.51. The van der Waals surface area contributed by atoms with Crippen LogP contribution in [-0.4, -0.2) is 44.8 Å². The molecule has 150 valence electrons. The maximum absolute atomic E-state index is 12.1. The van der Waals surface area contributed by atoms with Crippen LogP contribution in [0.25, 0.3) is 0 Å². The van der Waals surface area contributed by atoms with Crippen LogP contribution in [0.15, 0.2) is 18.2 Å². The Hall–Kier alpha value is -2.77. The molecule has 0 radical (unpaired) electrons. The first-order chi connectivity index (χ1) is 13.0. The summed E-state index contributed by atoms with van der Waals surface area (Å²) in [6, 6.07) is 4.02. The molecule has 1 rings (SSSR count). The van der Waals surface area contributed by atoms with Gasteiger partial charge in [-0.05, 0) is 31.0 Å². The van der Waals surface area contributed by atoms with Gasteiger partial charge in [-0.3, -0.25) is 10.1 Å². The van der Waals surface area contributed by atoms with E-state index >= 15 is 0 Å². The van der Waals surface area contributed by atoms with Gasteiger partial charge in [0.1, 0.15) is 0 Å². The first kappa shape index (κ1) is 22.3. The van der Waals surface area contributed by atoms with Crippen molar-refractivity contribution in [3.8, 4) is 11.5 Å². The van der Waals surface area contributed by atoms with Crippen molar-refractivity contribution in [1.29, 1.82) is 0 Å². The van der Waals surface area contributed by atoms with Crippen LogP contribution in [0.2, 0.25) is 0 Å². The van der Waals surface area contributed by atoms with Gasteiger partial charge in [-0.25, -0.2) is 9.59 Å². The minimum absolute atomic E-state index is 0.217. The SMILES string of the molecule is CCCCNC(=O)NC(=O)COC(=O)c1ccc(OCCCC)c(OC)c1. The van der Waals surface area contributed by atoms with Gasteiger partial charge in [-0.15, -0.1) is 0 Å². The van der Waals surface area contributed by atoms with E-state index in [4.69, 9.17) is 14.2 Å². The highest BCUT2D eigenvalue weighted by Crippen LogP contribution is 2.28. The largest absolute Gasteiger partial charge is 0.493 e. The molecule has 27 heavy (non-hydrogen) atoms. The van der Waals surface area contributed by atoms with Crippen molar-refractivity contribution in [2.45, 2.75) is 39.5 Å². The van der Waals surface area contributed by atoms with E-state index in [0.717, 1.165) is 25.7 Å². The Labute approximate surface area is 159 Å². The lowest BCUT2D eigenvalue weighted by atomic mass is 10.2. The highest BCUT2D eigenvalue weighted by atomic mass is 16.5. The summed E-state index contributed by atoms with van der Waals surface area (Å²) in [6.07, 6.45) is 3.66. The van der Waals surface area contributed by atoms with Crippen molar-refractivity contribution in [3.05, 3.63) is 23.8 Å². The van der Waals surface area contributed by atoms with Crippen LogP contribution < -0.4 is 20.1 Å². The number of carbonyl (C=O) groups is 3. The quantitative estimate of drug-likeness (QED) is 0.452. The van der Waals surface area contributed by atoms with E-state index in [1.165, 1.54) is 19.2 Å². The number of urea groups is 1. The lowest BCUT2D eigenvalue weighted by molar-refractivity contribution is -0.123. The number of imide groups is 1. The van der Waals surface area contributed by atoms with Crippen molar-refractivity contribution in [1.82, 2.24) is 10.6 Å². The number of hydrogen-bond acceptors (Lipinski definition) is 6. The number of hydrogen-bond donors (Lipinski definition) is 2. The zero-order valence-corrected chi connectivity index (χ0v) is 16.1. The third-order valence-corrected chi connectivity index (χ3v) is 3.56. The normalized spacial score (nSPS) is 10.0. The van der Waals surface area contributed by atoms with Gasteiger partial charge in [-0.2, -0.15) is 0 Å². The summed E-state index contributed by atoms with van der Waals surface area (Å²) in [7, 11) is 1.47. The summed E-state index contributed by atoms with van der Waals surface area (Å²) in [6.45, 7) is 4.52. The standard InChI is InChI=1S/C19H28N2O6/c1-4-6-10-20-19(24)21-17(22)13-27-18(23)14-8-9-15(16(12-14)25-3)26-11-7-5-2/h8-9,12H,4-7,10-11,13H2,1-3H3,(H2,20,21,22,24). The van der Waals surface area contributed by atoms with E-state index in [1.54, 1.807) is 6.07 Å². The van der Waals surface area contributed by atoms with Crippen LogP contribution in [0.4, 0.5) is 4.79 Å². The molecule has 0 spiro atoms. The van der Waals surface area contributed by atoms with Crippen LogP contribution in [0.1, 0.15) is 49.9 Å². The van der Waals surface area contributed by atoms with Gasteiger partial charge >= 0.3 is 12.0 Å². The molecule has 0 saturated heterocycles. The van der Waals surface area contributed by atoms with Gasteiger partial charge in [0.15, 0.2) is 18.1 Å². The molecule has 0 atom stereocenters. The Bertz CT molecular complexity index is 633. The second kappa shape index (κ2) is 12.6. The van der Waals surface area contributed by atoms with E-state index in [1.807, 2.05) is 6.92 Å². The molecule has 8 nitrogen and oxygen atoms in total. The minimum Gasteiger partial charge on any atom is -0.493 e. The van der Waals surface area contributed by atoms with Crippen molar-refractivity contribution < 1.29 is 28.6 Å². The summed E-state index contributed by atoms with van der Waals surface area (Å²) in [5, 5.41) is 4.63. The molecule has 0 heterocycles. The Morgan fingerprint density at radius 1 is 1.04 bits per heavy atom. The molecule has 0 aliphatic rings. The number of esters is 1. The maximum atomic E-state index is 12.1. The van der Waals surface area contributed by atoms with Gasteiger partial charge in [0.25, 0.3) is 5.91 Å². The molecule has 0 fully saturated rings. The minimum atomic E-state index is -0.705. The fourth-order valence-electron chi connectivity index (χ4n) is 2.04. The molecule has 0 saturated carbocycles. The van der Waals surface area contributed by atoms with Gasteiger partial charge in [0.2, 0.25) is 0 Å². The van der Waals surface area contributed by atoms with Crippen molar-refractivity contribution in [2.24, 2.45) is 0 Å². The van der Waals surface area contributed by atoms with E-state index in [2.05, 4.69) is 17.6 Å². The molecular weight excluding hydrogens is 352 g/mol. The van der Waals surface area contributed by atoms with Gasteiger partial charge < -0.3 is 19.5 Å². The number of amides is 3. The lowest BCUT2D eigenvalue weighted by Crippen LogP contribution is -2.41. The maximum Gasteiger partial charge on any atom is 0.338 e. The predicted octanol–water partition coefficient (Wildman–Crippen LogP) is 2.66. The Morgan fingerprint density at radius 3 is 2.44 bits per heavy atom. The van der Waals surface area contributed by atoms with Gasteiger partial charge in [0.05, 0.1) is 19.3 Å². The van der Waals surface area contributed by atoms with E-state index in [9.17, 15) is 14.4 Å². The number of ether oxygens (including phenoxy) is 3.